The number of pyridine rings is 1. The number of methoxy groups -OCH3 is 1. The summed E-state index contributed by atoms with van der Waals surface area (Å²) in [5.74, 6) is 1.37. The van der Waals surface area contributed by atoms with Crippen LogP contribution < -0.4 is 16.4 Å². The number of imidazole rings is 1. The molecule has 0 atom stereocenters. The summed E-state index contributed by atoms with van der Waals surface area (Å²) >= 11 is 0. The van der Waals surface area contributed by atoms with Crippen LogP contribution in [-0.2, 0) is 17.7 Å². The van der Waals surface area contributed by atoms with Crippen LogP contribution in [-0.4, -0.2) is 40.8 Å². The van der Waals surface area contributed by atoms with Gasteiger partial charge in [0.2, 0.25) is 0 Å². The molecule has 0 bridgehead atoms. The summed E-state index contributed by atoms with van der Waals surface area (Å²) in [5, 5.41) is 6.84. The highest BCUT2D eigenvalue weighted by Crippen LogP contribution is 2.29. The standard InChI is InChI=1S/C25H30N6O2/c1-17-8-7-9-18(16-17)28-25(32)27-13-5-6-14-31-21(12-15-33-2)30-22-23(31)19-10-3-4-11-20(19)29-24(22)26/h3-4,7-11,16H,5-6,12-15H2,1-2H3,(H2,26,29)(H2,27,28,32). The number of aryl methyl sites for hydroxylation is 2. The number of fused-ring (bicyclic) bond motifs is 3. The minimum atomic E-state index is -0.195. The first-order chi connectivity index (χ1) is 16.1. The molecule has 4 aromatic rings. The summed E-state index contributed by atoms with van der Waals surface area (Å²) in [6.07, 6.45) is 2.41. The molecule has 0 aliphatic rings. The van der Waals surface area contributed by atoms with Gasteiger partial charge in [-0.2, -0.15) is 0 Å². The predicted molar refractivity (Wildman–Crippen MR) is 132 cm³/mol. The number of amides is 2. The van der Waals surface area contributed by atoms with Crippen LogP contribution in [0.1, 0.15) is 24.2 Å². The lowest BCUT2D eigenvalue weighted by Gasteiger charge is -2.12. The number of rotatable bonds is 9. The summed E-state index contributed by atoms with van der Waals surface area (Å²) in [6.45, 7) is 3.93. The minimum absolute atomic E-state index is 0.195. The third-order valence-corrected chi connectivity index (χ3v) is 5.59. The molecule has 0 unspecified atom stereocenters. The molecule has 0 fully saturated rings. The van der Waals surface area contributed by atoms with Gasteiger partial charge in [-0.3, -0.25) is 0 Å². The number of urea groups is 1. The second-order valence-electron chi connectivity index (χ2n) is 8.09. The second-order valence-corrected chi connectivity index (χ2v) is 8.09. The molecule has 0 aliphatic carbocycles. The van der Waals surface area contributed by atoms with E-state index in [1.165, 1.54) is 0 Å². The van der Waals surface area contributed by atoms with Crippen molar-refractivity contribution in [2.45, 2.75) is 32.7 Å². The maximum atomic E-state index is 12.2. The molecule has 2 aromatic heterocycles. The molecule has 0 radical (unpaired) electrons. The highest BCUT2D eigenvalue weighted by Gasteiger charge is 2.17. The summed E-state index contributed by atoms with van der Waals surface area (Å²) in [4.78, 5) is 21.5. The number of nitrogen functional groups attached to an aromatic ring is 1. The molecule has 0 spiro atoms. The Balaban J connectivity index is 1.43. The van der Waals surface area contributed by atoms with E-state index in [0.29, 0.717) is 25.4 Å². The zero-order chi connectivity index (χ0) is 23.2. The lowest BCUT2D eigenvalue weighted by molar-refractivity contribution is 0.199. The number of hydrogen-bond donors (Lipinski definition) is 3. The monoisotopic (exact) mass is 446 g/mol. The first kappa shape index (κ1) is 22.5. The molecular formula is C25H30N6O2. The number of unbranched alkanes of at least 4 members (excludes halogenated alkanes) is 1. The van der Waals surface area contributed by atoms with Gasteiger partial charge in [-0.1, -0.05) is 30.3 Å². The molecule has 4 rings (SSSR count). The van der Waals surface area contributed by atoms with Crippen LogP contribution in [0.25, 0.3) is 21.9 Å². The van der Waals surface area contributed by atoms with E-state index >= 15 is 0 Å². The van der Waals surface area contributed by atoms with Gasteiger partial charge in [0.05, 0.1) is 17.6 Å². The van der Waals surface area contributed by atoms with Crippen LogP contribution >= 0.6 is 0 Å². The van der Waals surface area contributed by atoms with Crippen LogP contribution in [0, 0.1) is 6.92 Å². The molecule has 33 heavy (non-hydrogen) atoms. The highest BCUT2D eigenvalue weighted by atomic mass is 16.5. The van der Waals surface area contributed by atoms with Gasteiger partial charge in [0.15, 0.2) is 5.82 Å². The lowest BCUT2D eigenvalue weighted by atomic mass is 10.2. The molecule has 172 valence electrons. The van der Waals surface area contributed by atoms with Crippen molar-refractivity contribution in [1.29, 1.82) is 0 Å². The smallest absolute Gasteiger partial charge is 0.319 e. The van der Waals surface area contributed by atoms with Crippen LogP contribution in [0.3, 0.4) is 0 Å². The van der Waals surface area contributed by atoms with Crippen LogP contribution in [0.4, 0.5) is 16.3 Å². The van der Waals surface area contributed by atoms with E-state index < -0.39 is 0 Å². The molecule has 2 amide bonds. The fourth-order valence-electron chi connectivity index (χ4n) is 4.02. The highest BCUT2D eigenvalue weighted by molar-refractivity contribution is 6.06. The van der Waals surface area contributed by atoms with Crippen LogP contribution in [0.5, 0.6) is 0 Å². The maximum Gasteiger partial charge on any atom is 0.319 e. The summed E-state index contributed by atoms with van der Waals surface area (Å²) in [5.41, 5.74) is 10.7. The Labute approximate surface area is 193 Å². The van der Waals surface area contributed by atoms with E-state index in [2.05, 4.69) is 26.3 Å². The fourth-order valence-corrected chi connectivity index (χ4v) is 4.02. The SMILES string of the molecule is COCCc1nc2c(N)nc3ccccc3c2n1CCCCNC(=O)Nc1cccc(C)c1. The zero-order valence-electron chi connectivity index (χ0n) is 19.1. The second kappa shape index (κ2) is 10.3. The minimum Gasteiger partial charge on any atom is -0.384 e. The van der Waals surface area contributed by atoms with E-state index in [-0.39, 0.29) is 6.03 Å². The number of nitrogens with one attached hydrogen (secondary N) is 2. The number of ether oxygens (including phenoxy) is 1. The van der Waals surface area contributed by atoms with Crippen molar-refractivity contribution < 1.29 is 9.53 Å². The van der Waals surface area contributed by atoms with Crippen molar-refractivity contribution in [3.63, 3.8) is 0 Å². The number of nitrogens with two attached hydrogens (primary N) is 1. The first-order valence-electron chi connectivity index (χ1n) is 11.2. The van der Waals surface area contributed by atoms with Gasteiger partial charge in [-0.05, 0) is 43.5 Å². The van der Waals surface area contributed by atoms with E-state index in [1.54, 1.807) is 7.11 Å². The van der Waals surface area contributed by atoms with Crippen LogP contribution in [0.15, 0.2) is 48.5 Å². The van der Waals surface area contributed by atoms with E-state index in [4.69, 9.17) is 15.5 Å². The Kier molecular flexibility index (Phi) is 7.04. The summed E-state index contributed by atoms with van der Waals surface area (Å²) in [7, 11) is 1.69. The molecule has 8 nitrogen and oxygen atoms in total. The quantitative estimate of drug-likeness (QED) is 0.333. The van der Waals surface area contributed by atoms with Crippen molar-refractivity contribution in [2.24, 2.45) is 0 Å². The molecule has 0 aliphatic heterocycles. The molecule has 2 heterocycles. The number of carbonyl (C=O) groups is 1. The number of carbonyl (C=O) groups excluding carboxylic acids is 1. The Morgan fingerprint density at radius 2 is 1.97 bits per heavy atom. The van der Waals surface area contributed by atoms with Gasteiger partial charge < -0.3 is 25.7 Å². The number of anilines is 2. The van der Waals surface area contributed by atoms with Crippen molar-refractivity contribution in [3.8, 4) is 0 Å². The van der Waals surface area contributed by atoms with Gasteiger partial charge in [0.1, 0.15) is 11.3 Å². The largest absolute Gasteiger partial charge is 0.384 e. The van der Waals surface area contributed by atoms with Gasteiger partial charge in [-0.15, -0.1) is 0 Å². The van der Waals surface area contributed by atoms with Crippen molar-refractivity contribution in [2.75, 3.05) is 31.3 Å². The molecule has 2 aromatic carbocycles. The number of hydrogen-bond acceptors (Lipinski definition) is 5. The average Bonchev–Trinajstić information content (AvgIpc) is 3.17. The Morgan fingerprint density at radius 3 is 2.79 bits per heavy atom. The molecule has 0 saturated heterocycles. The number of aromatic nitrogens is 3. The predicted octanol–water partition coefficient (Wildman–Crippen LogP) is 4.27. The van der Waals surface area contributed by atoms with Crippen molar-refractivity contribution >= 4 is 39.5 Å². The Morgan fingerprint density at radius 1 is 1.12 bits per heavy atom. The molecule has 8 heteroatoms. The molecular weight excluding hydrogens is 416 g/mol. The van der Waals surface area contributed by atoms with E-state index in [9.17, 15) is 4.79 Å². The number of nitrogens with zero attached hydrogens (tertiary/aromatic N) is 3. The van der Waals surface area contributed by atoms with E-state index in [0.717, 1.165) is 58.4 Å². The average molecular weight is 447 g/mol. The van der Waals surface area contributed by atoms with E-state index in [1.807, 2.05) is 49.4 Å². The topological polar surface area (TPSA) is 107 Å². The first-order valence-corrected chi connectivity index (χ1v) is 11.2. The Bertz CT molecular complexity index is 1270. The van der Waals surface area contributed by atoms with Gasteiger partial charge >= 0.3 is 6.03 Å². The number of para-hydroxylation sites is 1. The third-order valence-electron chi connectivity index (χ3n) is 5.59. The maximum absolute atomic E-state index is 12.2. The summed E-state index contributed by atoms with van der Waals surface area (Å²) in [6, 6.07) is 15.5. The normalized spacial score (nSPS) is 11.2. The third kappa shape index (κ3) is 5.23. The van der Waals surface area contributed by atoms with Crippen molar-refractivity contribution in [1.82, 2.24) is 19.9 Å². The zero-order valence-corrected chi connectivity index (χ0v) is 19.1. The van der Waals surface area contributed by atoms with Crippen molar-refractivity contribution in [3.05, 3.63) is 59.9 Å². The number of benzene rings is 2. The molecule has 4 N–H and O–H groups in total. The van der Waals surface area contributed by atoms with Gasteiger partial charge in [0, 0.05) is 37.7 Å². The lowest BCUT2D eigenvalue weighted by Crippen LogP contribution is -2.29. The Hall–Kier alpha value is -3.65. The van der Waals surface area contributed by atoms with Gasteiger partial charge in [0.25, 0.3) is 0 Å². The molecule has 0 saturated carbocycles. The van der Waals surface area contributed by atoms with Crippen LogP contribution in [0.2, 0.25) is 0 Å². The summed E-state index contributed by atoms with van der Waals surface area (Å²) < 4.78 is 7.51. The van der Waals surface area contributed by atoms with Gasteiger partial charge in [-0.25, -0.2) is 14.8 Å². The fraction of sp³-hybridized carbons (Fsp3) is 0.320.